The summed E-state index contributed by atoms with van der Waals surface area (Å²) in [6.45, 7) is 4.62. The van der Waals surface area contributed by atoms with E-state index in [2.05, 4.69) is 13.8 Å². The third kappa shape index (κ3) is 1.10. The van der Waals surface area contributed by atoms with Crippen molar-refractivity contribution in [2.45, 2.75) is 32.6 Å². The second kappa shape index (κ2) is 2.88. The smallest absolute Gasteiger partial charge is 0.335 e. The molecule has 0 unspecified atom stereocenters. The molecule has 1 fully saturated rings. The van der Waals surface area contributed by atoms with Gasteiger partial charge in [-0.2, -0.15) is 0 Å². The molecule has 0 aromatic heterocycles. The van der Waals surface area contributed by atoms with E-state index in [9.17, 15) is 4.79 Å². The van der Waals surface area contributed by atoms with Crippen LogP contribution in [0.25, 0.3) is 0 Å². The molecule has 0 radical (unpaired) electrons. The van der Waals surface area contributed by atoms with E-state index in [-0.39, 0.29) is 0 Å². The van der Waals surface area contributed by atoms with Crippen LogP contribution in [-0.2, 0) is 6.42 Å². The van der Waals surface area contributed by atoms with Gasteiger partial charge in [-0.3, -0.25) is 0 Å². The summed E-state index contributed by atoms with van der Waals surface area (Å²) in [5, 5.41) is 9.02. The van der Waals surface area contributed by atoms with Crippen LogP contribution in [0.15, 0.2) is 18.2 Å². The molecule has 84 valence electrons. The highest BCUT2D eigenvalue weighted by atomic mass is 16.4. The number of carboxylic acid groups (broad SMARTS) is 1. The van der Waals surface area contributed by atoms with Crippen LogP contribution < -0.4 is 0 Å². The van der Waals surface area contributed by atoms with Crippen LogP contribution in [0.4, 0.5) is 0 Å². The van der Waals surface area contributed by atoms with E-state index in [0.717, 1.165) is 12.3 Å². The van der Waals surface area contributed by atoms with Gasteiger partial charge in [-0.1, -0.05) is 19.9 Å². The first-order chi connectivity index (χ1) is 7.50. The highest BCUT2D eigenvalue weighted by Crippen LogP contribution is 2.62. The minimum absolute atomic E-state index is 0.365. The molecule has 4 rings (SSSR count). The Morgan fingerprint density at radius 1 is 1.44 bits per heavy atom. The summed E-state index contributed by atoms with van der Waals surface area (Å²) in [5.74, 6) is 0.545. The van der Waals surface area contributed by atoms with E-state index >= 15 is 0 Å². The second-order valence-corrected chi connectivity index (χ2v) is 5.73. The van der Waals surface area contributed by atoms with Crippen molar-refractivity contribution in [3.63, 3.8) is 0 Å². The zero-order valence-electron chi connectivity index (χ0n) is 9.66. The zero-order chi connectivity index (χ0) is 11.5. The van der Waals surface area contributed by atoms with E-state index in [1.165, 1.54) is 17.5 Å². The van der Waals surface area contributed by atoms with Gasteiger partial charge in [0.05, 0.1) is 5.56 Å². The number of aromatic carboxylic acids is 1. The molecule has 2 bridgehead atoms. The van der Waals surface area contributed by atoms with Gasteiger partial charge in [-0.05, 0) is 53.4 Å². The van der Waals surface area contributed by atoms with Crippen molar-refractivity contribution >= 4 is 5.97 Å². The van der Waals surface area contributed by atoms with Crippen LogP contribution in [0, 0.1) is 11.3 Å². The molecule has 0 amide bonds. The Labute approximate surface area is 95.3 Å². The SMILES string of the molecule is CC1(C)[C@H]2Cc3ccc(C(=O)O)cc3[C@@H]1C2. The van der Waals surface area contributed by atoms with Gasteiger partial charge in [0.2, 0.25) is 0 Å². The maximum Gasteiger partial charge on any atom is 0.335 e. The first kappa shape index (κ1) is 9.88. The van der Waals surface area contributed by atoms with Gasteiger partial charge >= 0.3 is 5.97 Å². The fourth-order valence-corrected chi connectivity index (χ4v) is 3.39. The van der Waals surface area contributed by atoms with E-state index in [0.29, 0.717) is 16.9 Å². The number of carboxylic acids is 1. The molecule has 2 heteroatoms. The highest BCUT2D eigenvalue weighted by molar-refractivity contribution is 5.88. The van der Waals surface area contributed by atoms with Gasteiger partial charge in [-0.15, -0.1) is 0 Å². The first-order valence-corrected chi connectivity index (χ1v) is 5.86. The Morgan fingerprint density at radius 2 is 2.19 bits per heavy atom. The predicted octanol–water partition coefficient (Wildman–Crippen LogP) is 3.07. The lowest BCUT2D eigenvalue weighted by molar-refractivity contribution is 0.0184. The molecular formula is C14H16O2. The van der Waals surface area contributed by atoms with Crippen LogP contribution in [-0.4, -0.2) is 11.1 Å². The number of benzene rings is 1. The molecule has 2 atom stereocenters. The summed E-state index contributed by atoms with van der Waals surface area (Å²) in [6.07, 6.45) is 2.36. The van der Waals surface area contributed by atoms with Gasteiger partial charge in [0, 0.05) is 0 Å². The maximum absolute atomic E-state index is 11.0. The molecule has 3 aliphatic carbocycles. The zero-order valence-corrected chi connectivity index (χ0v) is 9.66. The lowest BCUT2D eigenvalue weighted by Gasteiger charge is -2.57. The van der Waals surface area contributed by atoms with Crippen molar-refractivity contribution in [2.24, 2.45) is 11.3 Å². The number of carbonyl (C=O) groups is 1. The molecule has 0 spiro atoms. The Kier molecular flexibility index (Phi) is 1.78. The summed E-state index contributed by atoms with van der Waals surface area (Å²) in [5.41, 5.74) is 3.45. The van der Waals surface area contributed by atoms with Gasteiger partial charge in [0.25, 0.3) is 0 Å². The third-order valence-electron chi connectivity index (χ3n) is 4.71. The monoisotopic (exact) mass is 216 g/mol. The summed E-state index contributed by atoms with van der Waals surface area (Å²) < 4.78 is 0. The van der Waals surface area contributed by atoms with Crippen LogP contribution in [0.2, 0.25) is 0 Å². The van der Waals surface area contributed by atoms with Gasteiger partial charge in [0.1, 0.15) is 0 Å². The van der Waals surface area contributed by atoms with Crippen molar-refractivity contribution in [2.75, 3.05) is 0 Å². The van der Waals surface area contributed by atoms with E-state index in [4.69, 9.17) is 5.11 Å². The predicted molar refractivity (Wildman–Crippen MR) is 61.7 cm³/mol. The molecule has 0 saturated heterocycles. The molecule has 2 nitrogen and oxygen atoms in total. The summed E-state index contributed by atoms with van der Waals surface area (Å²) in [7, 11) is 0. The fraction of sp³-hybridized carbons (Fsp3) is 0.500. The molecule has 0 aliphatic heterocycles. The van der Waals surface area contributed by atoms with Crippen LogP contribution in [0.1, 0.15) is 47.7 Å². The minimum Gasteiger partial charge on any atom is -0.478 e. The maximum atomic E-state index is 11.0. The van der Waals surface area contributed by atoms with Gasteiger partial charge in [-0.25, -0.2) is 4.79 Å². The molecule has 1 aromatic rings. The molecule has 1 saturated carbocycles. The Bertz CT molecular complexity index is 474. The fourth-order valence-electron chi connectivity index (χ4n) is 3.39. The van der Waals surface area contributed by atoms with Crippen LogP contribution >= 0.6 is 0 Å². The summed E-state index contributed by atoms with van der Waals surface area (Å²) in [6, 6.07) is 5.63. The first-order valence-electron chi connectivity index (χ1n) is 5.86. The standard InChI is InChI=1S/C14H16O2/c1-14(2)10-5-8-3-4-9(13(15)16)6-11(8)12(14)7-10/h3-4,6,10,12H,5,7H2,1-2H3,(H,15,16)/t10-,12-/m0/s1. The van der Waals surface area contributed by atoms with Gasteiger partial charge < -0.3 is 5.11 Å². The Balaban J connectivity index is 2.09. The molecule has 1 aromatic carbocycles. The van der Waals surface area contributed by atoms with Crippen molar-refractivity contribution in [1.82, 2.24) is 0 Å². The Morgan fingerprint density at radius 3 is 2.81 bits per heavy atom. The van der Waals surface area contributed by atoms with Crippen LogP contribution in [0.3, 0.4) is 0 Å². The molecule has 1 N–H and O–H groups in total. The summed E-state index contributed by atoms with van der Waals surface area (Å²) in [4.78, 5) is 11.0. The van der Waals surface area contributed by atoms with Crippen molar-refractivity contribution < 1.29 is 9.90 Å². The lowest BCUT2D eigenvalue weighted by Crippen LogP contribution is -2.48. The highest BCUT2D eigenvalue weighted by Gasteiger charge is 2.52. The number of rotatable bonds is 1. The topological polar surface area (TPSA) is 37.3 Å². The summed E-state index contributed by atoms with van der Waals surface area (Å²) >= 11 is 0. The van der Waals surface area contributed by atoms with Crippen LogP contribution in [0.5, 0.6) is 0 Å². The quantitative estimate of drug-likeness (QED) is 0.783. The minimum atomic E-state index is -0.818. The Hall–Kier alpha value is -1.31. The number of hydrogen-bond donors (Lipinski definition) is 1. The average molecular weight is 216 g/mol. The molecule has 3 aliphatic rings. The molecule has 0 heterocycles. The average Bonchev–Trinajstić information content (AvgIpc) is 2.27. The normalized spacial score (nSPS) is 29.1. The third-order valence-corrected chi connectivity index (χ3v) is 4.71. The lowest BCUT2D eigenvalue weighted by atomic mass is 9.47. The van der Waals surface area contributed by atoms with E-state index < -0.39 is 5.97 Å². The largest absolute Gasteiger partial charge is 0.478 e. The second-order valence-electron chi connectivity index (χ2n) is 5.73. The van der Waals surface area contributed by atoms with E-state index in [1.54, 1.807) is 6.07 Å². The van der Waals surface area contributed by atoms with Gasteiger partial charge in [0.15, 0.2) is 0 Å². The van der Waals surface area contributed by atoms with Crippen molar-refractivity contribution in [3.05, 3.63) is 34.9 Å². The molecule has 16 heavy (non-hydrogen) atoms. The number of hydrogen-bond acceptors (Lipinski definition) is 1. The van der Waals surface area contributed by atoms with Crippen molar-refractivity contribution in [1.29, 1.82) is 0 Å². The molecular weight excluding hydrogens is 200 g/mol. The van der Waals surface area contributed by atoms with Crippen molar-refractivity contribution in [3.8, 4) is 0 Å². The van der Waals surface area contributed by atoms with E-state index in [1.807, 2.05) is 12.1 Å².